The van der Waals surface area contributed by atoms with Gasteiger partial charge in [0.2, 0.25) is 5.91 Å². The first kappa shape index (κ1) is 19.4. The van der Waals surface area contributed by atoms with Crippen molar-refractivity contribution in [2.24, 2.45) is 0 Å². The molecule has 0 radical (unpaired) electrons. The maximum Gasteiger partial charge on any atom is 0.339 e. The van der Waals surface area contributed by atoms with Crippen LogP contribution >= 0.6 is 11.6 Å². The first-order chi connectivity index (χ1) is 12.6. The number of benzene rings is 2. The second-order valence-electron chi connectivity index (χ2n) is 6.47. The van der Waals surface area contributed by atoms with Crippen molar-refractivity contribution in [3.63, 3.8) is 0 Å². The fourth-order valence-corrected chi connectivity index (χ4v) is 4.43. The van der Waals surface area contributed by atoms with Crippen LogP contribution in [0.4, 0.5) is 5.69 Å². The normalized spacial score (nSPS) is 16.1. The van der Waals surface area contributed by atoms with Gasteiger partial charge in [-0.25, -0.2) is 0 Å². The third-order valence-electron chi connectivity index (χ3n) is 4.41. The minimum atomic E-state index is -4.16. The molecule has 2 aromatic carbocycles. The predicted octanol–water partition coefficient (Wildman–Crippen LogP) is 3.61. The number of amides is 1. The quantitative estimate of drug-likeness (QED) is 0.571. The summed E-state index contributed by atoms with van der Waals surface area (Å²) in [5.74, 6) is -0.533. The Morgan fingerprint density at radius 3 is 2.48 bits per heavy atom. The lowest BCUT2D eigenvalue weighted by atomic mass is 10.1. The zero-order valence-corrected chi connectivity index (χ0v) is 16.6. The van der Waals surface area contributed by atoms with Gasteiger partial charge in [0.1, 0.15) is 4.90 Å². The monoisotopic (exact) mass is 407 g/mol. The Labute approximate surface area is 162 Å². The Morgan fingerprint density at radius 1 is 1.15 bits per heavy atom. The molecule has 0 saturated carbocycles. The average molecular weight is 408 g/mol. The zero-order chi connectivity index (χ0) is 19.9. The van der Waals surface area contributed by atoms with Crippen LogP contribution in [0.3, 0.4) is 0 Å². The van der Waals surface area contributed by atoms with E-state index in [1.165, 1.54) is 44.2 Å². The van der Waals surface area contributed by atoms with Crippen LogP contribution in [0.2, 0.25) is 5.02 Å². The number of rotatable bonds is 4. The van der Waals surface area contributed by atoms with Crippen molar-refractivity contribution in [2.75, 3.05) is 4.90 Å². The highest BCUT2D eigenvalue weighted by Crippen LogP contribution is 2.35. The Kier molecular flexibility index (Phi) is 5.01. The van der Waals surface area contributed by atoms with Gasteiger partial charge < -0.3 is 9.08 Å². The van der Waals surface area contributed by atoms with E-state index in [0.717, 1.165) is 5.56 Å². The average Bonchev–Trinajstić information content (AvgIpc) is 2.91. The number of fused-ring (bicyclic) bond motifs is 1. The van der Waals surface area contributed by atoms with Crippen molar-refractivity contribution in [2.45, 2.75) is 38.1 Å². The van der Waals surface area contributed by atoms with Crippen LogP contribution in [0.5, 0.6) is 5.75 Å². The highest BCUT2D eigenvalue weighted by Gasteiger charge is 2.31. The van der Waals surface area contributed by atoms with Gasteiger partial charge in [0.25, 0.3) is 0 Å². The molecule has 1 amide bonds. The maximum absolute atomic E-state index is 12.7. The third-order valence-corrected chi connectivity index (χ3v) is 5.88. The molecular formula is C19H18ClNO5S. The van der Waals surface area contributed by atoms with Crippen LogP contribution in [0.1, 0.15) is 36.7 Å². The number of hydrogen-bond donors (Lipinski definition) is 0. The lowest BCUT2D eigenvalue weighted by Gasteiger charge is -2.20. The molecule has 1 heterocycles. The molecule has 6 nitrogen and oxygen atoms in total. The number of ketones is 1. The topological polar surface area (TPSA) is 80.8 Å². The van der Waals surface area contributed by atoms with Crippen molar-refractivity contribution in [1.29, 1.82) is 0 Å². The second-order valence-corrected chi connectivity index (χ2v) is 8.45. The van der Waals surface area contributed by atoms with E-state index in [4.69, 9.17) is 15.8 Å². The SMILES string of the molecule is CC(=O)c1cc(Cl)ccc1OS(=O)(=O)c1ccc2c(c1)C[C@H](C)N2C(C)=O. The van der Waals surface area contributed by atoms with E-state index >= 15 is 0 Å². The highest BCUT2D eigenvalue weighted by molar-refractivity contribution is 7.87. The van der Waals surface area contributed by atoms with Gasteiger partial charge in [0.05, 0.1) is 5.56 Å². The standard InChI is InChI=1S/C19H18ClNO5S/c1-11-8-14-9-16(5-6-18(14)21(11)13(3)23)27(24,25)26-19-7-4-15(20)10-17(19)12(2)22/h4-7,9-11H,8H2,1-3H3/t11-/m0/s1. The molecule has 27 heavy (non-hydrogen) atoms. The molecule has 0 spiro atoms. The van der Waals surface area contributed by atoms with E-state index in [-0.39, 0.29) is 33.9 Å². The summed E-state index contributed by atoms with van der Waals surface area (Å²) in [6.45, 7) is 4.68. The summed E-state index contributed by atoms with van der Waals surface area (Å²) >= 11 is 5.88. The van der Waals surface area contributed by atoms with Crippen molar-refractivity contribution in [1.82, 2.24) is 0 Å². The fraction of sp³-hybridized carbons (Fsp3) is 0.263. The minimum Gasteiger partial charge on any atom is -0.378 e. The van der Waals surface area contributed by atoms with Gasteiger partial charge in [0.15, 0.2) is 11.5 Å². The number of Topliss-reactive ketones (excluding diaryl/α,β-unsaturated/α-hetero) is 1. The molecule has 0 saturated heterocycles. The molecule has 2 aromatic rings. The first-order valence-corrected chi connectivity index (χ1v) is 10.1. The Hall–Kier alpha value is -2.38. The van der Waals surface area contributed by atoms with Gasteiger partial charge in [0, 0.05) is 23.7 Å². The van der Waals surface area contributed by atoms with Crippen LogP contribution in [0.25, 0.3) is 0 Å². The molecule has 142 valence electrons. The summed E-state index contributed by atoms with van der Waals surface area (Å²) in [6.07, 6.45) is 0.553. The number of halogens is 1. The summed E-state index contributed by atoms with van der Waals surface area (Å²) in [5, 5.41) is 0.306. The zero-order valence-electron chi connectivity index (χ0n) is 15.0. The van der Waals surface area contributed by atoms with Gasteiger partial charge in [-0.15, -0.1) is 0 Å². The first-order valence-electron chi connectivity index (χ1n) is 8.28. The molecule has 3 rings (SSSR count). The number of nitrogens with zero attached hydrogens (tertiary/aromatic N) is 1. The van der Waals surface area contributed by atoms with E-state index in [2.05, 4.69) is 0 Å². The Bertz CT molecular complexity index is 1050. The van der Waals surface area contributed by atoms with Crippen LogP contribution < -0.4 is 9.08 Å². The summed E-state index contributed by atoms with van der Waals surface area (Å²) in [7, 11) is -4.16. The second kappa shape index (κ2) is 6.98. The Balaban J connectivity index is 1.97. The largest absolute Gasteiger partial charge is 0.378 e. The van der Waals surface area contributed by atoms with Gasteiger partial charge in [-0.1, -0.05) is 11.6 Å². The minimum absolute atomic E-state index is 0.0386. The van der Waals surface area contributed by atoms with Crippen LogP contribution in [-0.4, -0.2) is 26.2 Å². The van der Waals surface area contributed by atoms with E-state index in [0.29, 0.717) is 17.1 Å². The molecule has 0 unspecified atom stereocenters. The van der Waals surface area contributed by atoms with Gasteiger partial charge >= 0.3 is 10.1 Å². The molecule has 0 bridgehead atoms. The number of carbonyl (C=O) groups is 2. The van der Waals surface area contributed by atoms with Crippen LogP contribution in [-0.2, 0) is 21.3 Å². The van der Waals surface area contributed by atoms with Crippen molar-refractivity contribution in [3.8, 4) is 5.75 Å². The predicted molar refractivity (Wildman–Crippen MR) is 102 cm³/mol. The molecule has 0 aromatic heterocycles. The summed E-state index contributed by atoms with van der Waals surface area (Å²) in [6, 6.07) is 8.63. The highest BCUT2D eigenvalue weighted by atomic mass is 35.5. The smallest absolute Gasteiger partial charge is 0.339 e. The van der Waals surface area contributed by atoms with Crippen molar-refractivity contribution in [3.05, 3.63) is 52.5 Å². The number of anilines is 1. The molecule has 0 aliphatic carbocycles. The number of carbonyl (C=O) groups excluding carboxylic acids is 2. The van der Waals surface area contributed by atoms with Crippen molar-refractivity contribution < 1.29 is 22.2 Å². The van der Waals surface area contributed by atoms with E-state index in [9.17, 15) is 18.0 Å². The van der Waals surface area contributed by atoms with E-state index in [1.54, 1.807) is 11.0 Å². The molecule has 0 fully saturated rings. The lowest BCUT2D eigenvalue weighted by Crippen LogP contribution is -2.33. The van der Waals surface area contributed by atoms with Gasteiger partial charge in [-0.2, -0.15) is 8.42 Å². The van der Waals surface area contributed by atoms with Gasteiger partial charge in [-0.05, 0) is 62.2 Å². The molecule has 1 aliphatic rings. The van der Waals surface area contributed by atoms with E-state index in [1.807, 2.05) is 6.92 Å². The molecule has 1 aliphatic heterocycles. The molecular weight excluding hydrogens is 390 g/mol. The lowest BCUT2D eigenvalue weighted by molar-refractivity contribution is -0.116. The van der Waals surface area contributed by atoms with Crippen LogP contribution in [0, 0.1) is 0 Å². The maximum atomic E-state index is 12.7. The third kappa shape index (κ3) is 3.70. The fourth-order valence-electron chi connectivity index (χ4n) is 3.26. The van der Waals surface area contributed by atoms with Crippen molar-refractivity contribution >= 4 is 39.1 Å². The molecule has 8 heteroatoms. The van der Waals surface area contributed by atoms with Crippen LogP contribution in [0.15, 0.2) is 41.3 Å². The molecule has 0 N–H and O–H groups in total. The summed E-state index contributed by atoms with van der Waals surface area (Å²) in [5.41, 5.74) is 1.54. The summed E-state index contributed by atoms with van der Waals surface area (Å²) in [4.78, 5) is 25.2. The Morgan fingerprint density at radius 2 is 1.85 bits per heavy atom. The number of hydrogen-bond acceptors (Lipinski definition) is 5. The molecule has 1 atom stereocenters. The van der Waals surface area contributed by atoms with Gasteiger partial charge in [-0.3, -0.25) is 9.59 Å². The van der Waals surface area contributed by atoms with E-state index < -0.39 is 10.1 Å². The summed E-state index contributed by atoms with van der Waals surface area (Å²) < 4.78 is 30.6.